The van der Waals surface area contributed by atoms with Crippen LogP contribution in [0.5, 0.6) is 0 Å². The Balaban J connectivity index is 0.000000479. The Morgan fingerprint density at radius 2 is 1.70 bits per heavy atom. The number of carboxylic acid groups (broad SMARTS) is 2. The van der Waals surface area contributed by atoms with E-state index in [0.717, 1.165) is 13.0 Å². The molecule has 9 nitrogen and oxygen atoms in total. The highest BCUT2D eigenvalue weighted by Crippen LogP contribution is 2.24. The molecule has 0 aliphatic heterocycles. The van der Waals surface area contributed by atoms with Crippen LogP contribution in [-0.2, 0) is 9.59 Å². The summed E-state index contributed by atoms with van der Waals surface area (Å²) in [6.45, 7) is 1.41. The van der Waals surface area contributed by atoms with E-state index in [0.29, 0.717) is 34.6 Å². The van der Waals surface area contributed by atoms with Crippen LogP contribution in [0.25, 0.3) is 10.9 Å². The normalized spacial score (nSPS) is 10.7. The molecular formula is C19H21Cl2N3O6. The molecule has 2 aromatic rings. The first-order valence-electron chi connectivity index (χ1n) is 8.60. The Morgan fingerprint density at radius 3 is 2.23 bits per heavy atom. The van der Waals surface area contributed by atoms with Crippen molar-refractivity contribution in [3.05, 3.63) is 56.3 Å². The van der Waals surface area contributed by atoms with Gasteiger partial charge in [-0.1, -0.05) is 23.2 Å². The lowest BCUT2D eigenvalue weighted by Crippen LogP contribution is -2.28. The van der Waals surface area contributed by atoms with E-state index in [4.69, 9.17) is 33.4 Å². The number of fused-ring (bicyclic) bond motifs is 1. The first kappa shape index (κ1) is 25.2. The van der Waals surface area contributed by atoms with Gasteiger partial charge in [0.2, 0.25) is 0 Å². The molecule has 1 aromatic heterocycles. The average Bonchev–Trinajstić information content (AvgIpc) is 2.62. The number of hydrogen-bond donors (Lipinski definition) is 4. The number of carbonyl (C=O) groups excluding carboxylic acids is 1. The van der Waals surface area contributed by atoms with Gasteiger partial charge in [-0.3, -0.25) is 9.59 Å². The summed E-state index contributed by atoms with van der Waals surface area (Å²) in [5.41, 5.74) is 0.331. The largest absolute Gasteiger partial charge is 0.478 e. The van der Waals surface area contributed by atoms with E-state index < -0.39 is 11.9 Å². The van der Waals surface area contributed by atoms with Crippen molar-refractivity contribution in [2.24, 2.45) is 0 Å². The predicted octanol–water partition coefficient (Wildman–Crippen LogP) is 2.23. The number of halogens is 2. The SMILES string of the molecule is CN(C)CCCNC(=O)c1cc(=O)c2c(Cl)cc(Cl)cc2[nH]1.O=C(O)C=CC(=O)O. The molecule has 30 heavy (non-hydrogen) atoms. The summed E-state index contributed by atoms with van der Waals surface area (Å²) in [6, 6.07) is 4.33. The van der Waals surface area contributed by atoms with Crippen molar-refractivity contribution in [3.63, 3.8) is 0 Å². The zero-order valence-corrected chi connectivity index (χ0v) is 17.8. The number of amides is 1. The summed E-state index contributed by atoms with van der Waals surface area (Å²) in [6.07, 6.45) is 1.94. The Kier molecular flexibility index (Phi) is 10.0. The maximum Gasteiger partial charge on any atom is 0.328 e. The highest BCUT2D eigenvalue weighted by atomic mass is 35.5. The molecule has 0 saturated carbocycles. The standard InChI is InChI=1S/C15H17Cl2N3O2.C4H4O4/c1-20(2)5-3-4-18-15(22)12-8-13(21)14-10(17)6-9(16)7-11(14)19-12;5-3(6)1-2-4(7)8/h6-8H,3-5H2,1-2H3,(H,18,22)(H,19,21);1-2H,(H,5,6)(H,7,8). The van der Waals surface area contributed by atoms with E-state index in [9.17, 15) is 19.2 Å². The lowest BCUT2D eigenvalue weighted by molar-refractivity contribution is -0.134. The predicted molar refractivity (Wildman–Crippen MR) is 115 cm³/mol. The maximum atomic E-state index is 12.1. The molecule has 4 N–H and O–H groups in total. The van der Waals surface area contributed by atoms with Gasteiger partial charge in [0.05, 0.1) is 15.9 Å². The second-order valence-corrected chi connectivity index (χ2v) is 7.12. The minimum absolute atomic E-state index is 0.195. The van der Waals surface area contributed by atoms with Crippen molar-refractivity contribution < 1.29 is 24.6 Å². The topological polar surface area (TPSA) is 140 Å². The van der Waals surface area contributed by atoms with Gasteiger partial charge in [0.25, 0.3) is 5.91 Å². The summed E-state index contributed by atoms with van der Waals surface area (Å²) in [4.78, 5) is 48.3. The first-order chi connectivity index (χ1) is 14.0. The molecule has 1 amide bonds. The van der Waals surface area contributed by atoms with E-state index >= 15 is 0 Å². The van der Waals surface area contributed by atoms with Crippen LogP contribution in [0, 0.1) is 0 Å². The Labute approximate surface area is 181 Å². The van der Waals surface area contributed by atoms with Crippen LogP contribution >= 0.6 is 23.2 Å². The highest BCUT2D eigenvalue weighted by Gasteiger charge is 2.12. The molecule has 0 saturated heterocycles. The molecule has 2 rings (SSSR count). The van der Waals surface area contributed by atoms with Gasteiger partial charge in [0.15, 0.2) is 5.43 Å². The van der Waals surface area contributed by atoms with Crippen molar-refractivity contribution in [2.75, 3.05) is 27.2 Å². The van der Waals surface area contributed by atoms with E-state index in [1.54, 1.807) is 6.07 Å². The molecule has 0 aliphatic rings. The third kappa shape index (κ3) is 8.64. The van der Waals surface area contributed by atoms with Crippen LogP contribution in [0.15, 0.2) is 35.1 Å². The fourth-order valence-electron chi connectivity index (χ4n) is 2.26. The summed E-state index contributed by atoms with van der Waals surface area (Å²) < 4.78 is 0. The number of rotatable bonds is 7. The fourth-order valence-corrected chi connectivity index (χ4v) is 2.85. The van der Waals surface area contributed by atoms with Crippen molar-refractivity contribution >= 4 is 52.0 Å². The van der Waals surface area contributed by atoms with Gasteiger partial charge in [0, 0.05) is 29.8 Å². The number of aliphatic carboxylic acids is 2. The van der Waals surface area contributed by atoms with Crippen molar-refractivity contribution in [1.82, 2.24) is 15.2 Å². The molecule has 0 aliphatic carbocycles. The van der Waals surface area contributed by atoms with Crippen LogP contribution in [0.1, 0.15) is 16.9 Å². The highest BCUT2D eigenvalue weighted by molar-refractivity contribution is 6.38. The van der Waals surface area contributed by atoms with Gasteiger partial charge in [-0.2, -0.15) is 0 Å². The second-order valence-electron chi connectivity index (χ2n) is 6.28. The molecule has 0 radical (unpaired) electrons. The van der Waals surface area contributed by atoms with Crippen molar-refractivity contribution in [3.8, 4) is 0 Å². The zero-order chi connectivity index (χ0) is 22.8. The molecule has 1 heterocycles. The zero-order valence-electron chi connectivity index (χ0n) is 16.2. The van der Waals surface area contributed by atoms with Gasteiger partial charge < -0.3 is 25.4 Å². The van der Waals surface area contributed by atoms with Crippen molar-refractivity contribution in [1.29, 1.82) is 0 Å². The van der Waals surface area contributed by atoms with E-state index in [1.165, 1.54) is 12.1 Å². The van der Waals surface area contributed by atoms with Crippen LogP contribution in [0.4, 0.5) is 0 Å². The van der Waals surface area contributed by atoms with Gasteiger partial charge in [-0.25, -0.2) is 9.59 Å². The van der Waals surface area contributed by atoms with Crippen LogP contribution in [-0.4, -0.2) is 65.1 Å². The second kappa shape index (κ2) is 12.0. The number of aromatic nitrogens is 1. The number of H-pyrrole nitrogens is 1. The molecule has 0 atom stereocenters. The van der Waals surface area contributed by atoms with Gasteiger partial charge in [-0.05, 0) is 39.2 Å². The Hall–Kier alpha value is -2.88. The molecule has 0 unspecified atom stereocenters. The van der Waals surface area contributed by atoms with E-state index in [2.05, 4.69) is 10.3 Å². The third-order valence-electron chi connectivity index (χ3n) is 3.53. The number of pyridine rings is 1. The third-order valence-corrected chi connectivity index (χ3v) is 4.04. The lowest BCUT2D eigenvalue weighted by atomic mass is 10.2. The summed E-state index contributed by atoms with van der Waals surface area (Å²) in [7, 11) is 3.94. The molecular weight excluding hydrogens is 437 g/mol. The smallest absolute Gasteiger partial charge is 0.328 e. The van der Waals surface area contributed by atoms with Crippen LogP contribution in [0.2, 0.25) is 10.0 Å². The number of benzene rings is 1. The molecule has 11 heteroatoms. The van der Waals surface area contributed by atoms with Crippen LogP contribution < -0.4 is 10.7 Å². The number of nitrogens with zero attached hydrogens (tertiary/aromatic N) is 1. The molecule has 1 aromatic carbocycles. The number of carbonyl (C=O) groups is 3. The molecule has 0 spiro atoms. The van der Waals surface area contributed by atoms with E-state index in [-0.39, 0.29) is 22.1 Å². The first-order valence-corrected chi connectivity index (χ1v) is 9.35. The number of hydrogen-bond acceptors (Lipinski definition) is 5. The quantitative estimate of drug-likeness (QED) is 0.369. The molecule has 0 bridgehead atoms. The number of nitrogens with one attached hydrogen (secondary N) is 2. The summed E-state index contributed by atoms with van der Waals surface area (Å²) in [5, 5.41) is 19.4. The monoisotopic (exact) mass is 457 g/mol. The number of aromatic amines is 1. The van der Waals surface area contributed by atoms with Gasteiger partial charge >= 0.3 is 11.9 Å². The minimum atomic E-state index is -1.26. The Morgan fingerprint density at radius 1 is 1.10 bits per heavy atom. The van der Waals surface area contributed by atoms with Gasteiger partial charge in [-0.15, -0.1) is 0 Å². The maximum absolute atomic E-state index is 12.1. The van der Waals surface area contributed by atoms with Gasteiger partial charge in [0.1, 0.15) is 5.69 Å². The average molecular weight is 458 g/mol. The molecule has 162 valence electrons. The number of carboxylic acids is 2. The molecule has 0 fully saturated rings. The lowest BCUT2D eigenvalue weighted by Gasteiger charge is -2.10. The summed E-state index contributed by atoms with van der Waals surface area (Å²) >= 11 is 12.0. The Bertz CT molecular complexity index is 1000. The van der Waals surface area contributed by atoms with E-state index in [1.807, 2.05) is 19.0 Å². The van der Waals surface area contributed by atoms with Crippen LogP contribution in [0.3, 0.4) is 0 Å². The minimum Gasteiger partial charge on any atom is -0.478 e. The summed E-state index contributed by atoms with van der Waals surface area (Å²) in [5.74, 6) is -2.84. The van der Waals surface area contributed by atoms with Crippen molar-refractivity contribution in [2.45, 2.75) is 6.42 Å². The fraction of sp³-hybridized carbons (Fsp3) is 0.263.